The Morgan fingerprint density at radius 1 is 1.47 bits per heavy atom. The molecule has 0 aromatic rings. The summed E-state index contributed by atoms with van der Waals surface area (Å²) in [6, 6.07) is 0. The van der Waals surface area contributed by atoms with Gasteiger partial charge in [0.05, 0.1) is 5.41 Å². The lowest BCUT2D eigenvalue weighted by molar-refractivity contribution is -0.152. The fraction of sp³-hybridized carbons (Fsp3) is 0.929. The van der Waals surface area contributed by atoms with Gasteiger partial charge in [0.15, 0.2) is 0 Å². The van der Waals surface area contributed by atoms with Gasteiger partial charge in [-0.05, 0) is 43.6 Å². The molecule has 1 aliphatic carbocycles. The van der Waals surface area contributed by atoms with Gasteiger partial charge >= 0.3 is 5.97 Å². The van der Waals surface area contributed by atoms with E-state index in [4.69, 9.17) is 0 Å². The molecule has 3 nitrogen and oxygen atoms in total. The second-order valence-electron chi connectivity index (χ2n) is 6.41. The van der Waals surface area contributed by atoms with E-state index in [0.29, 0.717) is 18.4 Å². The molecule has 2 rings (SSSR count). The van der Waals surface area contributed by atoms with Crippen LogP contribution in [-0.4, -0.2) is 24.2 Å². The van der Waals surface area contributed by atoms with Crippen LogP contribution in [-0.2, 0) is 4.79 Å². The van der Waals surface area contributed by atoms with Crippen LogP contribution in [0.5, 0.6) is 0 Å². The van der Waals surface area contributed by atoms with Crippen LogP contribution in [0.3, 0.4) is 0 Å². The van der Waals surface area contributed by atoms with E-state index in [1.54, 1.807) is 0 Å². The highest BCUT2D eigenvalue weighted by Gasteiger charge is 2.44. The molecule has 2 N–H and O–H groups in total. The molecular weight excluding hydrogens is 214 g/mol. The first kappa shape index (κ1) is 12.9. The molecule has 0 unspecified atom stereocenters. The number of hydrogen-bond donors (Lipinski definition) is 2. The average Bonchev–Trinajstić information content (AvgIpc) is 3.10. The molecule has 0 aromatic heterocycles. The summed E-state index contributed by atoms with van der Waals surface area (Å²) in [7, 11) is 0. The summed E-state index contributed by atoms with van der Waals surface area (Å²) in [6.07, 6.45) is 5.47. The highest BCUT2D eigenvalue weighted by molar-refractivity contribution is 5.75. The van der Waals surface area contributed by atoms with E-state index in [2.05, 4.69) is 19.2 Å². The summed E-state index contributed by atoms with van der Waals surface area (Å²) in [5.41, 5.74) is -0.490. The standard InChI is InChI=1S/C14H25NO2/c1-10(2)12-7-14(13(16)17,9-15-8-12)6-5-11-3-4-11/h10-12,15H,3-9H2,1-2H3,(H,16,17)/t12-,14-/m1/s1. The summed E-state index contributed by atoms with van der Waals surface area (Å²) in [6.45, 7) is 6.05. The SMILES string of the molecule is CC(C)[C@H]1CNC[C@](CCC2CC2)(C(=O)O)C1. The molecule has 0 bridgehead atoms. The van der Waals surface area contributed by atoms with Crippen molar-refractivity contribution in [2.75, 3.05) is 13.1 Å². The second-order valence-corrected chi connectivity index (χ2v) is 6.41. The largest absolute Gasteiger partial charge is 0.481 e. The minimum Gasteiger partial charge on any atom is -0.481 e. The van der Waals surface area contributed by atoms with Crippen LogP contribution in [0.1, 0.15) is 46.0 Å². The molecule has 98 valence electrons. The van der Waals surface area contributed by atoms with Crippen LogP contribution in [0.4, 0.5) is 0 Å². The molecule has 0 amide bonds. The lowest BCUT2D eigenvalue weighted by Crippen LogP contribution is -2.50. The Hall–Kier alpha value is -0.570. The Kier molecular flexibility index (Phi) is 3.76. The quantitative estimate of drug-likeness (QED) is 0.775. The lowest BCUT2D eigenvalue weighted by atomic mass is 9.70. The topological polar surface area (TPSA) is 49.3 Å². The number of aliphatic carboxylic acids is 1. The van der Waals surface area contributed by atoms with Crippen molar-refractivity contribution in [2.24, 2.45) is 23.2 Å². The number of carbonyl (C=O) groups is 1. The van der Waals surface area contributed by atoms with Gasteiger partial charge in [0, 0.05) is 6.54 Å². The maximum absolute atomic E-state index is 11.6. The zero-order valence-corrected chi connectivity index (χ0v) is 11.0. The maximum atomic E-state index is 11.6. The van der Waals surface area contributed by atoms with Gasteiger partial charge in [-0.1, -0.05) is 26.7 Å². The van der Waals surface area contributed by atoms with Gasteiger partial charge in [0.1, 0.15) is 0 Å². The number of rotatable bonds is 5. The minimum atomic E-state index is -0.587. The van der Waals surface area contributed by atoms with Gasteiger partial charge in [0.25, 0.3) is 0 Å². The average molecular weight is 239 g/mol. The number of nitrogens with one attached hydrogen (secondary N) is 1. The normalized spacial score (nSPS) is 33.9. The molecule has 17 heavy (non-hydrogen) atoms. The van der Waals surface area contributed by atoms with Crippen LogP contribution in [0.15, 0.2) is 0 Å². The third-order valence-corrected chi connectivity index (χ3v) is 4.65. The van der Waals surface area contributed by atoms with E-state index in [0.717, 1.165) is 31.7 Å². The molecule has 2 aliphatic rings. The van der Waals surface area contributed by atoms with E-state index < -0.39 is 11.4 Å². The lowest BCUT2D eigenvalue weighted by Gasteiger charge is -2.40. The Bertz CT molecular complexity index is 286. The summed E-state index contributed by atoms with van der Waals surface area (Å²) >= 11 is 0. The molecule has 3 heteroatoms. The molecule has 1 saturated carbocycles. The highest BCUT2D eigenvalue weighted by Crippen LogP contribution is 2.42. The molecule has 2 atom stereocenters. The van der Waals surface area contributed by atoms with E-state index in [1.807, 2.05) is 0 Å². The third-order valence-electron chi connectivity index (χ3n) is 4.65. The number of hydrogen-bond acceptors (Lipinski definition) is 2. The van der Waals surface area contributed by atoms with Crippen LogP contribution in [0.25, 0.3) is 0 Å². The summed E-state index contributed by atoms with van der Waals surface area (Å²) in [5, 5.41) is 12.9. The van der Waals surface area contributed by atoms with Crippen LogP contribution >= 0.6 is 0 Å². The van der Waals surface area contributed by atoms with Crippen LogP contribution in [0, 0.1) is 23.2 Å². The van der Waals surface area contributed by atoms with Gasteiger partial charge in [-0.15, -0.1) is 0 Å². The first-order valence-electron chi connectivity index (χ1n) is 6.97. The monoisotopic (exact) mass is 239 g/mol. The zero-order chi connectivity index (χ0) is 12.5. The molecular formula is C14H25NO2. The molecule has 1 heterocycles. The predicted molar refractivity (Wildman–Crippen MR) is 67.8 cm³/mol. The van der Waals surface area contributed by atoms with E-state index in [1.165, 1.54) is 12.8 Å². The third kappa shape index (κ3) is 3.01. The zero-order valence-electron chi connectivity index (χ0n) is 11.0. The molecule has 1 saturated heterocycles. The van der Waals surface area contributed by atoms with E-state index in [-0.39, 0.29) is 0 Å². The summed E-state index contributed by atoms with van der Waals surface area (Å²) in [5.74, 6) is 1.32. The number of carboxylic acids is 1. The van der Waals surface area contributed by atoms with E-state index in [9.17, 15) is 9.90 Å². The van der Waals surface area contributed by atoms with E-state index >= 15 is 0 Å². The van der Waals surface area contributed by atoms with Gasteiger partial charge in [-0.3, -0.25) is 4.79 Å². The highest BCUT2D eigenvalue weighted by atomic mass is 16.4. The van der Waals surface area contributed by atoms with Gasteiger partial charge in [-0.25, -0.2) is 0 Å². The summed E-state index contributed by atoms with van der Waals surface area (Å²) in [4.78, 5) is 11.6. The smallest absolute Gasteiger partial charge is 0.310 e. The molecule has 0 radical (unpaired) electrons. The Morgan fingerprint density at radius 2 is 2.18 bits per heavy atom. The van der Waals surface area contributed by atoms with Gasteiger partial charge in [-0.2, -0.15) is 0 Å². The minimum absolute atomic E-state index is 0.490. The molecule has 0 aromatic carbocycles. The number of carboxylic acid groups (broad SMARTS) is 1. The summed E-state index contributed by atoms with van der Waals surface area (Å²) < 4.78 is 0. The van der Waals surface area contributed by atoms with Crippen molar-refractivity contribution in [1.29, 1.82) is 0 Å². The van der Waals surface area contributed by atoms with Crippen molar-refractivity contribution >= 4 is 5.97 Å². The van der Waals surface area contributed by atoms with Crippen molar-refractivity contribution in [3.63, 3.8) is 0 Å². The van der Waals surface area contributed by atoms with Crippen LogP contribution < -0.4 is 5.32 Å². The first-order valence-corrected chi connectivity index (χ1v) is 6.97. The Morgan fingerprint density at radius 3 is 2.71 bits per heavy atom. The fourth-order valence-corrected chi connectivity index (χ4v) is 2.96. The van der Waals surface area contributed by atoms with Gasteiger partial charge in [0.2, 0.25) is 0 Å². The predicted octanol–water partition coefficient (Wildman–Crippen LogP) is 2.51. The van der Waals surface area contributed by atoms with Crippen molar-refractivity contribution in [2.45, 2.75) is 46.0 Å². The van der Waals surface area contributed by atoms with Crippen molar-refractivity contribution < 1.29 is 9.90 Å². The Labute approximate surface area is 104 Å². The molecule has 1 aliphatic heterocycles. The van der Waals surface area contributed by atoms with Crippen molar-refractivity contribution in [3.05, 3.63) is 0 Å². The maximum Gasteiger partial charge on any atom is 0.310 e. The first-order chi connectivity index (χ1) is 8.03. The van der Waals surface area contributed by atoms with Crippen LogP contribution in [0.2, 0.25) is 0 Å². The van der Waals surface area contributed by atoms with Crippen molar-refractivity contribution in [3.8, 4) is 0 Å². The molecule has 2 fully saturated rings. The number of piperidine rings is 1. The fourth-order valence-electron chi connectivity index (χ4n) is 2.96. The second kappa shape index (κ2) is 4.97. The molecule has 0 spiro atoms. The van der Waals surface area contributed by atoms with Crippen molar-refractivity contribution in [1.82, 2.24) is 5.32 Å². The Balaban J connectivity index is 2.00. The van der Waals surface area contributed by atoms with Gasteiger partial charge < -0.3 is 10.4 Å².